The van der Waals surface area contributed by atoms with E-state index >= 15 is 0 Å². The van der Waals surface area contributed by atoms with Crippen molar-refractivity contribution in [3.05, 3.63) is 51.6 Å². The fourth-order valence-electron chi connectivity index (χ4n) is 4.10. The van der Waals surface area contributed by atoms with Gasteiger partial charge in [0.25, 0.3) is 5.56 Å². The van der Waals surface area contributed by atoms with Gasteiger partial charge in [-0.05, 0) is 37.1 Å². The van der Waals surface area contributed by atoms with E-state index < -0.39 is 11.7 Å². The molecule has 160 valence electrons. The summed E-state index contributed by atoms with van der Waals surface area (Å²) in [6.45, 7) is 1.11. The van der Waals surface area contributed by atoms with E-state index in [1.54, 1.807) is 0 Å². The van der Waals surface area contributed by atoms with Crippen molar-refractivity contribution in [2.45, 2.75) is 50.2 Å². The highest BCUT2D eigenvalue weighted by atomic mass is 19.4. The van der Waals surface area contributed by atoms with Gasteiger partial charge in [0.05, 0.1) is 17.0 Å². The summed E-state index contributed by atoms with van der Waals surface area (Å²) in [7, 11) is 0. The molecule has 1 aromatic heterocycles. The van der Waals surface area contributed by atoms with E-state index in [9.17, 15) is 18.0 Å². The number of halogens is 3. The number of anilines is 2. The lowest BCUT2D eigenvalue weighted by Gasteiger charge is -2.40. The van der Waals surface area contributed by atoms with Crippen molar-refractivity contribution in [1.82, 2.24) is 9.97 Å². The van der Waals surface area contributed by atoms with Crippen molar-refractivity contribution in [3.63, 3.8) is 0 Å². The molecule has 30 heavy (non-hydrogen) atoms. The summed E-state index contributed by atoms with van der Waals surface area (Å²) in [5.74, 6) is 0.974. The van der Waals surface area contributed by atoms with Gasteiger partial charge in [0.15, 0.2) is 0 Å². The Morgan fingerprint density at radius 1 is 1.13 bits per heavy atom. The van der Waals surface area contributed by atoms with Crippen LogP contribution in [0.15, 0.2) is 29.1 Å². The summed E-state index contributed by atoms with van der Waals surface area (Å²) in [4.78, 5) is 21.8. The molecule has 0 atom stereocenters. The third kappa shape index (κ3) is 4.20. The lowest BCUT2D eigenvalue weighted by molar-refractivity contribution is -0.137. The molecular formula is C21H24F3N5O. The smallest absolute Gasteiger partial charge is 0.370 e. The lowest BCUT2D eigenvalue weighted by Crippen LogP contribution is -2.46. The zero-order valence-corrected chi connectivity index (χ0v) is 16.4. The highest BCUT2D eigenvalue weighted by Crippen LogP contribution is 2.34. The fourth-order valence-corrected chi connectivity index (χ4v) is 4.10. The molecule has 9 heteroatoms. The molecule has 1 aromatic carbocycles. The van der Waals surface area contributed by atoms with Crippen molar-refractivity contribution in [1.29, 1.82) is 5.41 Å². The Balaban J connectivity index is 1.47. The summed E-state index contributed by atoms with van der Waals surface area (Å²) in [5.41, 5.74) is -0.0854. The molecule has 2 aliphatic rings. The molecule has 2 fully saturated rings. The largest absolute Gasteiger partial charge is 0.416 e. The van der Waals surface area contributed by atoms with Gasteiger partial charge in [-0.25, -0.2) is 4.98 Å². The van der Waals surface area contributed by atoms with Crippen LogP contribution in [-0.4, -0.2) is 35.3 Å². The van der Waals surface area contributed by atoms with E-state index in [2.05, 4.69) is 15.3 Å². The first-order valence-corrected chi connectivity index (χ1v) is 10.2. The zero-order valence-electron chi connectivity index (χ0n) is 16.4. The van der Waals surface area contributed by atoms with Gasteiger partial charge in [-0.1, -0.05) is 19.3 Å². The van der Waals surface area contributed by atoms with Crippen LogP contribution in [-0.2, 0) is 6.18 Å². The number of alkyl halides is 3. The SMILES string of the molecule is N=Cc1c(NC2CCCCC2)nc(C2CN(c3ccc(C(F)(F)F)cc3)C2)[nH]c1=O. The number of hydrogen-bond acceptors (Lipinski definition) is 5. The van der Waals surface area contributed by atoms with Gasteiger partial charge in [0.1, 0.15) is 11.6 Å². The fraction of sp³-hybridized carbons (Fsp3) is 0.476. The van der Waals surface area contributed by atoms with Crippen molar-refractivity contribution >= 4 is 17.7 Å². The molecule has 1 aliphatic heterocycles. The third-order valence-corrected chi connectivity index (χ3v) is 5.89. The number of aromatic amines is 1. The zero-order chi connectivity index (χ0) is 21.3. The Hall–Kier alpha value is -2.84. The topological polar surface area (TPSA) is 84.9 Å². The van der Waals surface area contributed by atoms with Crippen molar-refractivity contribution in [3.8, 4) is 0 Å². The van der Waals surface area contributed by atoms with Crippen molar-refractivity contribution < 1.29 is 13.2 Å². The standard InChI is InChI=1S/C21H24F3N5O/c22-21(23,24)14-6-8-16(9-7-14)29-11-13(12-29)18-27-19(17(10-25)20(30)28-18)26-15-4-2-1-3-5-15/h6-10,13,15,25H,1-5,11-12H2,(H2,26,27,28,30). The molecule has 3 N–H and O–H groups in total. The minimum absolute atomic E-state index is 0.0216. The van der Waals surface area contributed by atoms with Gasteiger partial charge in [-0.2, -0.15) is 13.2 Å². The van der Waals surface area contributed by atoms with E-state index in [1.807, 2.05) is 4.90 Å². The first-order valence-electron chi connectivity index (χ1n) is 10.2. The molecule has 2 aromatic rings. The van der Waals surface area contributed by atoms with Crippen LogP contribution in [0, 0.1) is 5.41 Å². The van der Waals surface area contributed by atoms with E-state index in [0.29, 0.717) is 30.4 Å². The maximum absolute atomic E-state index is 12.7. The number of rotatable bonds is 5. The Kier molecular flexibility index (Phi) is 5.53. The number of hydrogen-bond donors (Lipinski definition) is 3. The first-order chi connectivity index (χ1) is 14.3. The van der Waals surface area contributed by atoms with Crippen LogP contribution in [0.25, 0.3) is 0 Å². The van der Waals surface area contributed by atoms with Crippen LogP contribution < -0.4 is 15.8 Å². The maximum Gasteiger partial charge on any atom is 0.416 e. The molecule has 0 unspecified atom stereocenters. The minimum atomic E-state index is -4.35. The molecule has 0 spiro atoms. The predicted octanol–water partition coefficient (Wildman–Crippen LogP) is 4.13. The van der Waals surface area contributed by atoms with Crippen molar-refractivity contribution in [2.24, 2.45) is 0 Å². The van der Waals surface area contributed by atoms with E-state index in [1.165, 1.54) is 18.6 Å². The normalized spacial score (nSPS) is 18.2. The summed E-state index contributed by atoms with van der Waals surface area (Å²) in [6.07, 6.45) is 2.20. The molecule has 1 aliphatic carbocycles. The second kappa shape index (κ2) is 8.12. The molecule has 6 nitrogen and oxygen atoms in total. The number of nitrogens with zero attached hydrogens (tertiary/aromatic N) is 2. The Labute approximate surface area is 172 Å². The molecule has 1 saturated heterocycles. The summed E-state index contributed by atoms with van der Waals surface area (Å²) in [6, 6.07) is 5.33. The highest BCUT2D eigenvalue weighted by molar-refractivity contribution is 5.83. The van der Waals surface area contributed by atoms with E-state index in [0.717, 1.165) is 44.0 Å². The molecular weight excluding hydrogens is 395 g/mol. The number of benzene rings is 1. The minimum Gasteiger partial charge on any atom is -0.370 e. The van der Waals surface area contributed by atoms with Gasteiger partial charge in [-0.3, -0.25) is 4.79 Å². The summed E-state index contributed by atoms with van der Waals surface area (Å²) >= 11 is 0. The van der Waals surface area contributed by atoms with Crippen LogP contribution in [0.2, 0.25) is 0 Å². The Morgan fingerprint density at radius 3 is 2.40 bits per heavy atom. The molecule has 0 amide bonds. The molecule has 1 saturated carbocycles. The average molecular weight is 419 g/mol. The van der Waals surface area contributed by atoms with Crippen LogP contribution in [0.1, 0.15) is 55.0 Å². The Bertz CT molecular complexity index is 958. The van der Waals surface area contributed by atoms with Gasteiger partial charge >= 0.3 is 6.18 Å². The monoisotopic (exact) mass is 419 g/mol. The first kappa shape index (κ1) is 20.4. The Morgan fingerprint density at radius 2 is 1.80 bits per heavy atom. The second-order valence-corrected chi connectivity index (χ2v) is 7.98. The summed E-state index contributed by atoms with van der Waals surface area (Å²) < 4.78 is 38.2. The predicted molar refractivity (Wildman–Crippen MR) is 110 cm³/mol. The maximum atomic E-state index is 12.7. The van der Waals surface area contributed by atoms with Gasteiger partial charge in [-0.15, -0.1) is 0 Å². The van der Waals surface area contributed by atoms with Crippen LogP contribution in [0.3, 0.4) is 0 Å². The third-order valence-electron chi connectivity index (χ3n) is 5.89. The van der Waals surface area contributed by atoms with Gasteiger partial charge < -0.3 is 20.6 Å². The van der Waals surface area contributed by atoms with Crippen LogP contribution in [0.4, 0.5) is 24.7 Å². The number of nitrogens with one attached hydrogen (secondary N) is 3. The quantitative estimate of drug-likeness (QED) is 0.636. The second-order valence-electron chi connectivity index (χ2n) is 7.98. The van der Waals surface area contributed by atoms with Gasteiger partial charge in [0, 0.05) is 31.0 Å². The number of H-pyrrole nitrogens is 1. The number of aromatic nitrogens is 2. The van der Waals surface area contributed by atoms with Crippen molar-refractivity contribution in [2.75, 3.05) is 23.3 Å². The van der Waals surface area contributed by atoms with Crippen LogP contribution >= 0.6 is 0 Å². The molecule has 0 radical (unpaired) electrons. The average Bonchev–Trinajstić information content (AvgIpc) is 2.67. The molecule has 0 bridgehead atoms. The van der Waals surface area contributed by atoms with Crippen LogP contribution in [0.5, 0.6) is 0 Å². The highest BCUT2D eigenvalue weighted by Gasteiger charge is 2.33. The van der Waals surface area contributed by atoms with Gasteiger partial charge in [0.2, 0.25) is 0 Å². The lowest BCUT2D eigenvalue weighted by atomic mass is 9.95. The van der Waals surface area contributed by atoms with E-state index in [4.69, 9.17) is 5.41 Å². The summed E-state index contributed by atoms with van der Waals surface area (Å²) in [5, 5.41) is 10.9. The van der Waals surface area contributed by atoms with E-state index in [-0.39, 0.29) is 23.1 Å². The molecule has 2 heterocycles. The molecule has 4 rings (SSSR count).